The summed E-state index contributed by atoms with van der Waals surface area (Å²) in [4.78, 5) is 0. The van der Waals surface area contributed by atoms with Crippen LogP contribution in [0.15, 0.2) is 34.5 Å². The number of benzene rings is 1. The number of hydrogen-bond donors (Lipinski definition) is 0. The van der Waals surface area contributed by atoms with Crippen molar-refractivity contribution in [3.05, 3.63) is 40.1 Å². The third-order valence-corrected chi connectivity index (χ3v) is 4.54. The van der Waals surface area contributed by atoms with Gasteiger partial charge in [0.15, 0.2) is 0 Å². The lowest BCUT2D eigenvalue weighted by atomic mass is 10.1. The van der Waals surface area contributed by atoms with Crippen LogP contribution in [0.2, 0.25) is 0 Å². The minimum atomic E-state index is -5.61. The van der Waals surface area contributed by atoms with Crippen molar-refractivity contribution in [2.45, 2.75) is 24.8 Å². The molecule has 1 aromatic carbocycles. The Labute approximate surface area is 122 Å². The molecule has 8 heteroatoms. The molecule has 20 heavy (non-hydrogen) atoms. The summed E-state index contributed by atoms with van der Waals surface area (Å²) in [5.74, 6) is -0.130. The molecule has 0 aromatic heterocycles. The maximum Gasteiger partial charge on any atom is 0.534 e. The third-order valence-electron chi connectivity index (χ3n) is 2.86. The molecule has 0 spiro atoms. The molecule has 110 valence electrons. The van der Waals surface area contributed by atoms with E-state index in [4.69, 9.17) is 0 Å². The Morgan fingerprint density at radius 1 is 1.15 bits per heavy atom. The Balaban J connectivity index is 2.40. The summed E-state index contributed by atoms with van der Waals surface area (Å²) in [6.07, 6.45) is 1.21. The number of halogens is 4. The Hall–Kier alpha value is -1.02. The van der Waals surface area contributed by atoms with Gasteiger partial charge in [-0.1, -0.05) is 34.1 Å². The zero-order valence-corrected chi connectivity index (χ0v) is 12.5. The van der Waals surface area contributed by atoms with Crippen molar-refractivity contribution < 1.29 is 25.8 Å². The van der Waals surface area contributed by atoms with Crippen molar-refractivity contribution in [1.29, 1.82) is 0 Å². The van der Waals surface area contributed by atoms with Crippen LogP contribution in [0.5, 0.6) is 0 Å². The first-order valence-electron chi connectivity index (χ1n) is 5.70. The first kappa shape index (κ1) is 15.4. The highest BCUT2D eigenvalue weighted by Gasteiger charge is 2.49. The molecule has 1 aliphatic carbocycles. The minimum absolute atomic E-state index is 0.130. The fraction of sp³-hybridized carbons (Fsp3) is 0.333. The highest BCUT2D eigenvalue weighted by atomic mass is 79.9. The maximum atomic E-state index is 12.4. The van der Waals surface area contributed by atoms with Gasteiger partial charge in [-0.25, -0.2) is 0 Å². The van der Waals surface area contributed by atoms with E-state index in [1.165, 1.54) is 0 Å². The second-order valence-electron chi connectivity index (χ2n) is 4.22. The topological polar surface area (TPSA) is 43.4 Å². The zero-order valence-electron chi connectivity index (χ0n) is 10.1. The van der Waals surface area contributed by atoms with Gasteiger partial charge in [-0.05, 0) is 30.0 Å². The van der Waals surface area contributed by atoms with Gasteiger partial charge in [-0.2, -0.15) is 21.6 Å². The largest absolute Gasteiger partial charge is 0.534 e. The third kappa shape index (κ3) is 3.01. The van der Waals surface area contributed by atoms with Crippen molar-refractivity contribution in [2.24, 2.45) is 0 Å². The van der Waals surface area contributed by atoms with Gasteiger partial charge in [0, 0.05) is 10.9 Å². The molecule has 0 atom stereocenters. The van der Waals surface area contributed by atoms with E-state index in [0.29, 0.717) is 28.5 Å². The summed E-state index contributed by atoms with van der Waals surface area (Å²) in [5, 5.41) is 0. The molecule has 0 N–H and O–H groups in total. The highest BCUT2D eigenvalue weighted by molar-refractivity contribution is 9.10. The molecule has 0 saturated heterocycles. The van der Waals surface area contributed by atoms with E-state index in [0.717, 1.165) is 0 Å². The number of alkyl halides is 3. The molecule has 0 amide bonds. The molecule has 2 rings (SSSR count). The second kappa shape index (κ2) is 5.40. The van der Waals surface area contributed by atoms with E-state index < -0.39 is 15.6 Å². The Morgan fingerprint density at radius 2 is 1.80 bits per heavy atom. The van der Waals surface area contributed by atoms with Crippen molar-refractivity contribution in [1.82, 2.24) is 0 Å². The summed E-state index contributed by atoms with van der Waals surface area (Å²) < 4.78 is 64.2. The molecule has 0 fully saturated rings. The van der Waals surface area contributed by atoms with Crippen LogP contribution < -0.4 is 0 Å². The molecule has 0 bridgehead atoms. The SMILES string of the molecule is O=S(=O)(OC1=C(c2ccccc2Br)CCC1)C(F)(F)F. The molecular weight excluding hydrogens is 361 g/mol. The average molecular weight is 371 g/mol. The Kier molecular flexibility index (Phi) is 4.15. The van der Waals surface area contributed by atoms with E-state index in [9.17, 15) is 21.6 Å². The molecule has 3 nitrogen and oxygen atoms in total. The van der Waals surface area contributed by atoms with Crippen LogP contribution in [0.3, 0.4) is 0 Å². The molecule has 0 aliphatic heterocycles. The van der Waals surface area contributed by atoms with E-state index in [2.05, 4.69) is 20.1 Å². The van der Waals surface area contributed by atoms with Crippen LogP contribution in [0.1, 0.15) is 24.8 Å². The molecule has 1 aliphatic rings. The van der Waals surface area contributed by atoms with E-state index in [1.807, 2.05) is 0 Å². The first-order valence-corrected chi connectivity index (χ1v) is 7.90. The van der Waals surface area contributed by atoms with Crippen molar-refractivity contribution in [3.63, 3.8) is 0 Å². The Bertz CT molecular complexity index is 650. The van der Waals surface area contributed by atoms with E-state index >= 15 is 0 Å². The van der Waals surface area contributed by atoms with Gasteiger partial charge < -0.3 is 4.18 Å². The van der Waals surface area contributed by atoms with Gasteiger partial charge in [-0.15, -0.1) is 0 Å². The fourth-order valence-corrected chi connectivity index (χ4v) is 3.05. The maximum absolute atomic E-state index is 12.4. The second-order valence-corrected chi connectivity index (χ2v) is 6.61. The molecule has 0 saturated carbocycles. The van der Waals surface area contributed by atoms with Gasteiger partial charge in [0.2, 0.25) is 0 Å². The van der Waals surface area contributed by atoms with Crippen LogP contribution >= 0.6 is 15.9 Å². The van der Waals surface area contributed by atoms with E-state index in [-0.39, 0.29) is 12.2 Å². The normalized spacial score (nSPS) is 16.6. The van der Waals surface area contributed by atoms with Crippen molar-refractivity contribution in [2.75, 3.05) is 0 Å². The molecule has 0 heterocycles. The predicted molar refractivity (Wildman–Crippen MR) is 71.0 cm³/mol. The number of rotatable bonds is 3. The van der Waals surface area contributed by atoms with Crippen LogP contribution in [0.4, 0.5) is 13.2 Å². The number of allylic oxidation sites excluding steroid dienone is 2. The van der Waals surface area contributed by atoms with Crippen molar-refractivity contribution >= 4 is 31.6 Å². The smallest absolute Gasteiger partial charge is 0.380 e. The fourth-order valence-electron chi connectivity index (χ4n) is 1.98. The average Bonchev–Trinajstić information content (AvgIpc) is 2.75. The summed E-state index contributed by atoms with van der Waals surface area (Å²) in [5.41, 5.74) is -4.27. The Morgan fingerprint density at radius 3 is 2.40 bits per heavy atom. The first-order chi connectivity index (χ1) is 9.22. The summed E-state index contributed by atoms with van der Waals surface area (Å²) in [6, 6.07) is 6.92. The summed E-state index contributed by atoms with van der Waals surface area (Å²) >= 11 is 3.29. The number of hydrogen-bond acceptors (Lipinski definition) is 3. The van der Waals surface area contributed by atoms with Crippen LogP contribution in [-0.2, 0) is 14.3 Å². The van der Waals surface area contributed by atoms with E-state index in [1.54, 1.807) is 24.3 Å². The predicted octanol–water partition coefficient (Wildman–Crippen LogP) is 4.21. The molecular formula is C12H10BrF3O3S. The lowest BCUT2D eigenvalue weighted by Gasteiger charge is -2.13. The van der Waals surface area contributed by atoms with Crippen molar-refractivity contribution in [3.8, 4) is 0 Å². The van der Waals surface area contributed by atoms with Gasteiger partial charge in [0.25, 0.3) is 0 Å². The summed E-state index contributed by atoms with van der Waals surface area (Å²) in [7, 11) is -5.61. The monoisotopic (exact) mass is 370 g/mol. The lowest BCUT2D eigenvalue weighted by Crippen LogP contribution is -2.25. The minimum Gasteiger partial charge on any atom is -0.380 e. The molecule has 0 radical (unpaired) electrons. The van der Waals surface area contributed by atoms with Crippen LogP contribution in [0, 0.1) is 0 Å². The summed E-state index contributed by atoms with van der Waals surface area (Å²) in [6.45, 7) is 0. The zero-order chi connectivity index (χ0) is 15.0. The highest BCUT2D eigenvalue weighted by Crippen LogP contribution is 2.40. The van der Waals surface area contributed by atoms with Crippen LogP contribution in [0.25, 0.3) is 5.57 Å². The quantitative estimate of drug-likeness (QED) is 0.591. The van der Waals surface area contributed by atoms with Gasteiger partial charge in [-0.3, -0.25) is 0 Å². The van der Waals surface area contributed by atoms with Gasteiger partial charge >= 0.3 is 15.6 Å². The molecule has 1 aromatic rings. The van der Waals surface area contributed by atoms with Crippen LogP contribution in [-0.4, -0.2) is 13.9 Å². The standard InChI is InChI=1S/C12H10BrF3O3S/c13-10-6-2-1-4-8(10)9-5-3-7-11(9)19-20(17,18)12(14,15)16/h1-2,4,6H,3,5,7H2. The van der Waals surface area contributed by atoms with Gasteiger partial charge in [0.1, 0.15) is 5.76 Å². The molecule has 0 unspecified atom stereocenters. The van der Waals surface area contributed by atoms with Gasteiger partial charge in [0.05, 0.1) is 0 Å². The lowest BCUT2D eigenvalue weighted by molar-refractivity contribution is -0.0522.